The molecule has 1 N–H and O–H groups in total. The average Bonchev–Trinajstić information content (AvgIpc) is 2.69. The summed E-state index contributed by atoms with van der Waals surface area (Å²) in [4.78, 5) is 0. The normalized spacial score (nSPS) is 12.2. The van der Waals surface area contributed by atoms with Gasteiger partial charge in [0, 0.05) is 5.56 Å². The van der Waals surface area contributed by atoms with Crippen LogP contribution in [0.4, 0.5) is 5.69 Å². The maximum absolute atomic E-state index is 5.56. The fourth-order valence-electron chi connectivity index (χ4n) is 2.16. The monoisotopic (exact) mass is 245 g/mol. The Kier molecular flexibility index (Phi) is 3.60. The molecule has 0 aliphatic rings. The van der Waals surface area contributed by atoms with Crippen molar-refractivity contribution in [1.29, 1.82) is 0 Å². The second kappa shape index (κ2) is 5.17. The molecular weight excluding hydrogens is 226 g/mol. The Bertz CT molecular complexity index is 531. The van der Waals surface area contributed by atoms with E-state index in [1.54, 1.807) is 7.11 Å². The van der Waals surface area contributed by atoms with Crippen LogP contribution < -0.4 is 10.1 Å². The number of methoxy groups -OCH3 is 1. The van der Waals surface area contributed by atoms with Crippen molar-refractivity contribution in [2.75, 3.05) is 12.4 Å². The third kappa shape index (κ3) is 2.50. The Hall–Kier alpha value is -1.90. The minimum Gasteiger partial charge on any atom is -0.495 e. The topological polar surface area (TPSA) is 34.4 Å². The molecule has 0 fully saturated rings. The largest absolute Gasteiger partial charge is 0.495 e. The molecule has 0 saturated heterocycles. The number of para-hydroxylation sites is 2. The zero-order valence-corrected chi connectivity index (χ0v) is 11.3. The van der Waals surface area contributed by atoms with Crippen LogP contribution in [0.15, 0.2) is 34.7 Å². The summed E-state index contributed by atoms with van der Waals surface area (Å²) in [6.07, 6.45) is 0. The smallest absolute Gasteiger partial charge is 0.141 e. The van der Waals surface area contributed by atoms with Crippen LogP contribution in [0.1, 0.15) is 30.0 Å². The third-order valence-electron chi connectivity index (χ3n) is 3.02. The Labute approximate surface area is 108 Å². The predicted molar refractivity (Wildman–Crippen MR) is 73.2 cm³/mol. The summed E-state index contributed by atoms with van der Waals surface area (Å²) in [7, 11) is 1.68. The molecular formula is C15H19NO2. The standard InChI is InChI=1S/C15H19NO2/c1-10-9-13(12(3)18-10)11(2)16-14-7-5-6-8-15(14)17-4/h5-9,11,16H,1-4H3. The summed E-state index contributed by atoms with van der Waals surface area (Å²) in [6.45, 7) is 6.07. The fraction of sp³-hybridized carbons (Fsp3) is 0.333. The van der Waals surface area contributed by atoms with Crippen molar-refractivity contribution in [2.24, 2.45) is 0 Å². The second-order valence-corrected chi connectivity index (χ2v) is 4.43. The molecule has 0 saturated carbocycles. The zero-order chi connectivity index (χ0) is 13.1. The van der Waals surface area contributed by atoms with Crippen LogP contribution in [-0.2, 0) is 0 Å². The Morgan fingerprint density at radius 3 is 2.56 bits per heavy atom. The second-order valence-electron chi connectivity index (χ2n) is 4.43. The number of nitrogens with one attached hydrogen (secondary N) is 1. The molecule has 96 valence electrons. The predicted octanol–water partition coefficient (Wildman–Crippen LogP) is 4.08. The fourth-order valence-corrected chi connectivity index (χ4v) is 2.16. The van der Waals surface area contributed by atoms with E-state index in [0.717, 1.165) is 23.0 Å². The van der Waals surface area contributed by atoms with Gasteiger partial charge in [0.05, 0.1) is 18.8 Å². The molecule has 3 heteroatoms. The zero-order valence-electron chi connectivity index (χ0n) is 11.3. The summed E-state index contributed by atoms with van der Waals surface area (Å²) in [6, 6.07) is 10.2. The Balaban J connectivity index is 2.21. The van der Waals surface area contributed by atoms with Crippen LogP contribution >= 0.6 is 0 Å². The Morgan fingerprint density at radius 2 is 1.94 bits per heavy atom. The highest BCUT2D eigenvalue weighted by atomic mass is 16.5. The molecule has 0 spiro atoms. The summed E-state index contributed by atoms with van der Waals surface area (Å²) in [5.74, 6) is 2.75. The van der Waals surface area contributed by atoms with Gasteiger partial charge in [-0.25, -0.2) is 0 Å². The van der Waals surface area contributed by atoms with E-state index >= 15 is 0 Å². The molecule has 0 aliphatic carbocycles. The summed E-state index contributed by atoms with van der Waals surface area (Å²) < 4.78 is 10.9. The highest BCUT2D eigenvalue weighted by Gasteiger charge is 2.13. The Morgan fingerprint density at radius 1 is 1.22 bits per heavy atom. The molecule has 1 aromatic heterocycles. The maximum atomic E-state index is 5.56. The van der Waals surface area contributed by atoms with Gasteiger partial charge in [-0.2, -0.15) is 0 Å². The highest BCUT2D eigenvalue weighted by Crippen LogP contribution is 2.29. The van der Waals surface area contributed by atoms with Crippen molar-refractivity contribution in [3.05, 3.63) is 47.4 Å². The lowest BCUT2D eigenvalue weighted by atomic mass is 10.1. The minimum atomic E-state index is 0.179. The molecule has 1 aromatic carbocycles. The van der Waals surface area contributed by atoms with Crippen LogP contribution in [0.5, 0.6) is 5.75 Å². The van der Waals surface area contributed by atoms with Gasteiger partial charge in [-0.15, -0.1) is 0 Å². The van der Waals surface area contributed by atoms with E-state index in [1.807, 2.05) is 38.1 Å². The highest BCUT2D eigenvalue weighted by molar-refractivity contribution is 5.57. The van der Waals surface area contributed by atoms with Gasteiger partial charge in [-0.05, 0) is 39.0 Å². The lowest BCUT2D eigenvalue weighted by Crippen LogP contribution is -2.07. The van der Waals surface area contributed by atoms with Crippen LogP contribution in [-0.4, -0.2) is 7.11 Å². The number of furan rings is 1. The van der Waals surface area contributed by atoms with Gasteiger partial charge in [0.25, 0.3) is 0 Å². The molecule has 2 rings (SSSR count). The van der Waals surface area contributed by atoms with Crippen molar-refractivity contribution in [3.8, 4) is 5.75 Å². The number of aryl methyl sites for hydroxylation is 2. The lowest BCUT2D eigenvalue weighted by molar-refractivity contribution is 0.416. The number of anilines is 1. The number of hydrogen-bond donors (Lipinski definition) is 1. The molecule has 1 atom stereocenters. The van der Waals surface area contributed by atoms with E-state index < -0.39 is 0 Å². The third-order valence-corrected chi connectivity index (χ3v) is 3.02. The average molecular weight is 245 g/mol. The summed E-state index contributed by atoms with van der Waals surface area (Å²) in [5, 5.41) is 3.45. The van der Waals surface area contributed by atoms with Crippen molar-refractivity contribution in [2.45, 2.75) is 26.8 Å². The number of rotatable bonds is 4. The van der Waals surface area contributed by atoms with Gasteiger partial charge in [0.2, 0.25) is 0 Å². The molecule has 0 radical (unpaired) electrons. The van der Waals surface area contributed by atoms with Crippen molar-refractivity contribution < 1.29 is 9.15 Å². The first-order valence-corrected chi connectivity index (χ1v) is 6.08. The first-order valence-electron chi connectivity index (χ1n) is 6.08. The van der Waals surface area contributed by atoms with Gasteiger partial charge in [0.1, 0.15) is 17.3 Å². The van der Waals surface area contributed by atoms with E-state index in [2.05, 4.69) is 18.3 Å². The van der Waals surface area contributed by atoms with Crippen LogP contribution in [0.25, 0.3) is 0 Å². The molecule has 0 bridgehead atoms. The number of ether oxygens (including phenoxy) is 1. The lowest BCUT2D eigenvalue weighted by Gasteiger charge is -2.17. The van der Waals surface area contributed by atoms with Crippen LogP contribution in [0, 0.1) is 13.8 Å². The molecule has 0 amide bonds. The molecule has 1 unspecified atom stereocenters. The minimum absolute atomic E-state index is 0.179. The van der Waals surface area contributed by atoms with E-state index in [-0.39, 0.29) is 6.04 Å². The van der Waals surface area contributed by atoms with Crippen molar-refractivity contribution in [3.63, 3.8) is 0 Å². The molecule has 3 nitrogen and oxygen atoms in total. The van der Waals surface area contributed by atoms with Gasteiger partial charge < -0.3 is 14.5 Å². The summed E-state index contributed by atoms with van der Waals surface area (Å²) in [5.41, 5.74) is 2.17. The SMILES string of the molecule is COc1ccccc1NC(C)c1cc(C)oc1C. The first kappa shape index (κ1) is 12.6. The van der Waals surface area contributed by atoms with Crippen LogP contribution in [0.3, 0.4) is 0 Å². The number of benzene rings is 1. The van der Waals surface area contributed by atoms with Gasteiger partial charge in [0.15, 0.2) is 0 Å². The summed E-state index contributed by atoms with van der Waals surface area (Å²) >= 11 is 0. The molecule has 2 aromatic rings. The van der Waals surface area contributed by atoms with E-state index in [4.69, 9.17) is 9.15 Å². The van der Waals surface area contributed by atoms with Crippen LogP contribution in [0.2, 0.25) is 0 Å². The maximum Gasteiger partial charge on any atom is 0.141 e. The van der Waals surface area contributed by atoms with Gasteiger partial charge in [-0.3, -0.25) is 0 Å². The molecule has 0 aliphatic heterocycles. The van der Waals surface area contributed by atoms with E-state index in [1.165, 1.54) is 5.56 Å². The first-order chi connectivity index (χ1) is 8.61. The van der Waals surface area contributed by atoms with E-state index in [0.29, 0.717) is 0 Å². The van der Waals surface area contributed by atoms with Gasteiger partial charge in [-0.1, -0.05) is 12.1 Å². The van der Waals surface area contributed by atoms with Crippen molar-refractivity contribution in [1.82, 2.24) is 0 Å². The van der Waals surface area contributed by atoms with E-state index in [9.17, 15) is 0 Å². The van der Waals surface area contributed by atoms with Gasteiger partial charge >= 0.3 is 0 Å². The quantitative estimate of drug-likeness (QED) is 0.881. The number of hydrogen-bond acceptors (Lipinski definition) is 3. The molecule has 18 heavy (non-hydrogen) atoms. The molecule has 1 heterocycles. The van der Waals surface area contributed by atoms with Crippen molar-refractivity contribution >= 4 is 5.69 Å².